The summed E-state index contributed by atoms with van der Waals surface area (Å²) in [7, 11) is 0. The van der Waals surface area contributed by atoms with E-state index < -0.39 is 24.3 Å². The van der Waals surface area contributed by atoms with Crippen LogP contribution in [0.1, 0.15) is 54.2 Å². The van der Waals surface area contributed by atoms with Gasteiger partial charge >= 0.3 is 6.09 Å². The van der Waals surface area contributed by atoms with Crippen molar-refractivity contribution < 1.29 is 18.7 Å². The van der Waals surface area contributed by atoms with Crippen molar-refractivity contribution in [3.8, 4) is 0 Å². The third-order valence-corrected chi connectivity index (χ3v) is 8.41. The van der Waals surface area contributed by atoms with E-state index in [1.165, 1.54) is 0 Å². The first-order valence-electron chi connectivity index (χ1n) is 13.3. The Morgan fingerprint density at radius 2 is 2.00 bits per heavy atom. The third kappa shape index (κ3) is 4.05. The Morgan fingerprint density at radius 1 is 1.18 bits per heavy atom. The van der Waals surface area contributed by atoms with E-state index in [-0.39, 0.29) is 11.4 Å². The van der Waals surface area contributed by atoms with E-state index in [9.17, 15) is 9.59 Å². The quantitative estimate of drug-likeness (QED) is 0.385. The van der Waals surface area contributed by atoms with Crippen LogP contribution in [0, 0.1) is 5.92 Å². The first kappa shape index (κ1) is 23.4. The number of hydrogen-bond donors (Lipinski definition) is 4. The van der Waals surface area contributed by atoms with Crippen LogP contribution in [0.3, 0.4) is 0 Å². The van der Waals surface area contributed by atoms with Gasteiger partial charge in [-0.05, 0) is 44.1 Å². The number of carbonyl (C=O) groups is 2. The molecule has 5 aliphatic rings. The fourth-order valence-electron chi connectivity index (χ4n) is 6.24. The molecule has 4 heterocycles. The second kappa shape index (κ2) is 8.93. The number of nitrogens with one attached hydrogen (secondary N) is 4. The van der Waals surface area contributed by atoms with Crippen LogP contribution in [0.2, 0.25) is 0 Å². The predicted molar refractivity (Wildman–Crippen MR) is 134 cm³/mol. The number of aromatic nitrogens is 5. The number of nitrogens with zero attached hydrogens (tertiary/aromatic N) is 5. The lowest BCUT2D eigenvalue weighted by Crippen LogP contribution is -2.68. The number of hydrogen-bond acceptors (Lipinski definition) is 8. The Bertz CT molecular complexity index is 1370. The van der Waals surface area contributed by atoms with Crippen molar-refractivity contribution in [2.75, 3.05) is 31.5 Å². The van der Waals surface area contributed by atoms with E-state index in [1.807, 2.05) is 0 Å². The van der Waals surface area contributed by atoms with Gasteiger partial charge in [0.25, 0.3) is 5.91 Å². The highest BCUT2D eigenvalue weighted by Gasteiger charge is 2.58. The number of fused-ring (bicyclic) bond motifs is 1. The Balaban J connectivity index is 1.01. The van der Waals surface area contributed by atoms with Crippen molar-refractivity contribution in [1.29, 1.82) is 0 Å². The van der Waals surface area contributed by atoms with Crippen molar-refractivity contribution in [3.63, 3.8) is 0 Å². The number of alkyl carbamates (subject to hydrolysis) is 1. The van der Waals surface area contributed by atoms with Crippen molar-refractivity contribution >= 4 is 29.4 Å². The van der Waals surface area contributed by atoms with Gasteiger partial charge in [0.2, 0.25) is 5.95 Å². The summed E-state index contributed by atoms with van der Waals surface area (Å²) in [4.78, 5) is 35.8. The van der Waals surface area contributed by atoms with Gasteiger partial charge in [0.15, 0.2) is 5.82 Å². The summed E-state index contributed by atoms with van der Waals surface area (Å²) < 4.78 is 22.4. The van der Waals surface area contributed by atoms with Gasteiger partial charge in [-0.3, -0.25) is 14.3 Å². The molecule has 4 N–H and O–H groups in total. The van der Waals surface area contributed by atoms with Crippen LogP contribution >= 0.6 is 0 Å². The van der Waals surface area contributed by atoms with Crippen LogP contribution in [0.5, 0.6) is 0 Å². The van der Waals surface area contributed by atoms with Gasteiger partial charge in [-0.15, -0.1) is 0 Å². The lowest BCUT2D eigenvalue weighted by atomic mass is 9.50. The molecule has 0 radical (unpaired) electrons. The number of carbonyl (C=O) groups excluding carboxylic acids is 2. The largest absolute Gasteiger partial charge is 0.443 e. The molecule has 0 aromatic carbocycles. The standard InChI is InChI=1S/C25H30FN9O3/c26-21-15(1-2-18(21)38-24(37)31-25-10-14(11-25)12-25)16-9-19(33-32-16)30-23-28-4-3-20-29-17(13-35(20)23)22(36)34-7-5-27-6-8-34/h3-4,9,13-15,18,21,27H,1-2,5-8,10-12H2,(H,31,37)(H2,28,30,32,33)/t14?,15-,18-,21-,25?/m1/s1. The lowest BCUT2D eigenvalue weighted by molar-refractivity contribution is -0.0532. The van der Waals surface area contributed by atoms with E-state index in [4.69, 9.17) is 4.74 Å². The molecule has 12 nitrogen and oxygen atoms in total. The summed E-state index contributed by atoms with van der Waals surface area (Å²) in [6, 6.07) is 3.47. The third-order valence-electron chi connectivity index (χ3n) is 8.41. The smallest absolute Gasteiger partial charge is 0.407 e. The van der Waals surface area contributed by atoms with Gasteiger partial charge in [-0.1, -0.05) is 0 Å². The molecule has 0 spiro atoms. The first-order chi connectivity index (χ1) is 18.5. The van der Waals surface area contributed by atoms with Crippen LogP contribution in [-0.4, -0.2) is 85.5 Å². The molecule has 0 unspecified atom stereocenters. The van der Waals surface area contributed by atoms with Crippen LogP contribution in [-0.2, 0) is 4.74 Å². The first-order valence-corrected chi connectivity index (χ1v) is 13.3. The number of alkyl halides is 1. The molecule has 3 aromatic rings. The number of halogens is 1. The minimum absolute atomic E-state index is 0.0965. The monoisotopic (exact) mass is 523 g/mol. The fraction of sp³-hybridized carbons (Fsp3) is 0.560. The number of aromatic amines is 1. The maximum Gasteiger partial charge on any atom is 0.407 e. The normalized spacial score (nSPS) is 30.0. The van der Waals surface area contributed by atoms with Crippen LogP contribution < -0.4 is 16.0 Å². The van der Waals surface area contributed by atoms with Crippen molar-refractivity contribution in [3.05, 3.63) is 35.9 Å². The minimum atomic E-state index is -1.32. The summed E-state index contributed by atoms with van der Waals surface area (Å²) >= 11 is 0. The second-order valence-corrected chi connectivity index (χ2v) is 11.0. The molecule has 200 valence electrons. The zero-order valence-electron chi connectivity index (χ0n) is 20.8. The Kier molecular flexibility index (Phi) is 5.49. The Labute approximate surface area is 217 Å². The molecule has 38 heavy (non-hydrogen) atoms. The summed E-state index contributed by atoms with van der Waals surface area (Å²) in [5, 5.41) is 16.5. The molecule has 8 rings (SSSR count). The number of amides is 2. The number of ether oxygens (including phenoxy) is 1. The second-order valence-electron chi connectivity index (χ2n) is 11.0. The molecule has 3 aromatic heterocycles. The van der Waals surface area contributed by atoms with Crippen molar-refractivity contribution in [2.45, 2.75) is 55.8 Å². The molecule has 4 aliphatic carbocycles. The molecule has 2 amide bonds. The van der Waals surface area contributed by atoms with Crippen LogP contribution in [0.25, 0.3) is 5.65 Å². The minimum Gasteiger partial charge on any atom is -0.443 e. The van der Waals surface area contributed by atoms with Gasteiger partial charge in [0.1, 0.15) is 23.6 Å². The van der Waals surface area contributed by atoms with Gasteiger partial charge in [0, 0.05) is 61.8 Å². The zero-order valence-corrected chi connectivity index (χ0v) is 20.8. The number of H-pyrrole nitrogens is 1. The zero-order chi connectivity index (χ0) is 25.9. The number of anilines is 2. The van der Waals surface area contributed by atoms with E-state index in [0.717, 1.165) is 38.3 Å². The maximum absolute atomic E-state index is 15.3. The topological polar surface area (TPSA) is 142 Å². The SMILES string of the molecule is O=C(NC12CC(C1)C2)O[C@@H]1CC[C@H](c2cc(Nc3nccc4nc(C(=O)N5CCNCC5)cn34)n[nH]2)[C@H]1F. The highest BCUT2D eigenvalue weighted by molar-refractivity contribution is 5.93. The average molecular weight is 524 g/mol. The summed E-state index contributed by atoms with van der Waals surface area (Å²) in [5.74, 6) is 1.06. The molecular weight excluding hydrogens is 493 g/mol. The number of rotatable bonds is 6. The number of piperazine rings is 1. The highest BCUT2D eigenvalue weighted by Crippen LogP contribution is 2.57. The molecule has 13 heteroatoms. The summed E-state index contributed by atoms with van der Waals surface area (Å²) in [6.07, 6.45) is 4.67. The lowest BCUT2D eigenvalue weighted by Gasteiger charge is -2.61. The van der Waals surface area contributed by atoms with Gasteiger partial charge in [-0.2, -0.15) is 5.10 Å². The molecule has 3 atom stereocenters. The molecule has 2 bridgehead atoms. The van der Waals surface area contributed by atoms with Gasteiger partial charge in [-0.25, -0.2) is 19.2 Å². The predicted octanol–water partition coefficient (Wildman–Crippen LogP) is 2.10. The summed E-state index contributed by atoms with van der Waals surface area (Å²) in [5.41, 5.74) is 1.45. The molecule has 4 saturated carbocycles. The van der Waals surface area contributed by atoms with Gasteiger partial charge in [0.05, 0.1) is 0 Å². The summed E-state index contributed by atoms with van der Waals surface area (Å²) in [6.45, 7) is 2.80. The maximum atomic E-state index is 15.3. The van der Waals surface area contributed by atoms with E-state index in [2.05, 4.69) is 36.1 Å². The van der Waals surface area contributed by atoms with E-state index in [1.54, 1.807) is 33.8 Å². The average Bonchev–Trinajstić information content (AvgIpc) is 3.60. The van der Waals surface area contributed by atoms with Crippen molar-refractivity contribution in [1.82, 2.24) is 40.1 Å². The number of imidazole rings is 1. The Hall–Kier alpha value is -3.74. The fourth-order valence-corrected chi connectivity index (χ4v) is 6.24. The molecule has 1 saturated heterocycles. The Morgan fingerprint density at radius 3 is 2.76 bits per heavy atom. The van der Waals surface area contributed by atoms with E-state index in [0.29, 0.717) is 54.7 Å². The van der Waals surface area contributed by atoms with Crippen molar-refractivity contribution in [2.24, 2.45) is 5.92 Å². The highest BCUT2D eigenvalue weighted by atomic mass is 19.1. The van der Waals surface area contributed by atoms with Crippen LogP contribution in [0.15, 0.2) is 24.5 Å². The molecule has 5 fully saturated rings. The van der Waals surface area contributed by atoms with Gasteiger partial charge < -0.3 is 25.6 Å². The van der Waals surface area contributed by atoms with Crippen LogP contribution in [0.4, 0.5) is 21.0 Å². The van der Waals surface area contributed by atoms with E-state index >= 15 is 4.39 Å². The molecule has 1 aliphatic heterocycles. The molecular formula is C25H30FN9O3.